The van der Waals surface area contributed by atoms with Crippen LogP contribution in [-0.2, 0) is 0 Å². The molecule has 3 aromatic rings. The molecule has 0 saturated carbocycles. The van der Waals surface area contributed by atoms with E-state index < -0.39 is 11.2 Å². The summed E-state index contributed by atoms with van der Waals surface area (Å²) in [5.41, 5.74) is -0.605. The summed E-state index contributed by atoms with van der Waals surface area (Å²) in [5.74, 6) is -0.134. The lowest BCUT2D eigenvalue weighted by atomic mass is 10.2. The van der Waals surface area contributed by atoms with Gasteiger partial charge in [0.2, 0.25) is 0 Å². The zero-order chi connectivity index (χ0) is 13.4. The minimum atomic E-state index is -0.619. The van der Waals surface area contributed by atoms with Crippen molar-refractivity contribution < 1.29 is 5.11 Å². The Bertz CT molecular complexity index is 866. The Morgan fingerprint density at radius 3 is 2.74 bits per heavy atom. The zero-order valence-corrected chi connectivity index (χ0v) is 9.70. The second-order valence-electron chi connectivity index (χ2n) is 3.98. The predicted octanol–water partition coefficient (Wildman–Crippen LogP) is 0.780. The number of para-hydroxylation sites is 1. The van der Waals surface area contributed by atoms with Gasteiger partial charge < -0.3 is 10.1 Å². The number of phenolic OH excluding ortho intramolecular Hbond substituents is 1. The molecule has 0 atom stereocenters. The maximum Gasteiger partial charge on any atom is 0.333 e. The number of rotatable bonds is 1. The van der Waals surface area contributed by atoms with Crippen LogP contribution in [0.3, 0.4) is 0 Å². The molecule has 0 fully saturated rings. The van der Waals surface area contributed by atoms with Crippen LogP contribution in [0.15, 0.2) is 52.3 Å². The Labute approximate surface area is 106 Å². The maximum atomic E-state index is 12.3. The van der Waals surface area contributed by atoms with Crippen LogP contribution >= 0.6 is 0 Å². The fraction of sp³-hybridized carbons (Fsp3) is 0. The van der Waals surface area contributed by atoms with E-state index in [9.17, 15) is 14.7 Å². The summed E-state index contributed by atoms with van der Waals surface area (Å²) in [4.78, 5) is 30.7. The molecule has 6 nitrogen and oxygen atoms in total. The number of H-pyrrole nitrogens is 1. The van der Waals surface area contributed by atoms with Crippen molar-refractivity contribution in [3.8, 4) is 11.4 Å². The number of hydrogen-bond acceptors (Lipinski definition) is 4. The standard InChI is InChI=1S/C13H9N3O3/c17-10-5-1-4-9-11(10)15-13(19)16(12(9)18)8-3-2-6-14-7-8/h1-7,17H,(H,15,19). The van der Waals surface area contributed by atoms with Crippen molar-refractivity contribution in [3.05, 3.63) is 63.6 Å². The molecule has 0 spiro atoms. The fourth-order valence-corrected chi connectivity index (χ4v) is 1.95. The number of aromatic nitrogens is 3. The SMILES string of the molecule is O=c1[nH]c2c(O)cccc2c(=O)n1-c1cccnc1. The summed E-state index contributed by atoms with van der Waals surface area (Å²) in [7, 11) is 0. The first-order valence-corrected chi connectivity index (χ1v) is 5.56. The Kier molecular flexibility index (Phi) is 2.42. The lowest BCUT2D eigenvalue weighted by Gasteiger charge is -2.06. The smallest absolute Gasteiger partial charge is 0.333 e. The summed E-state index contributed by atoms with van der Waals surface area (Å²) in [6.07, 6.45) is 2.97. The Morgan fingerprint density at radius 2 is 2.00 bits per heavy atom. The third-order valence-corrected chi connectivity index (χ3v) is 2.82. The minimum absolute atomic E-state index is 0.134. The van der Waals surface area contributed by atoms with E-state index in [4.69, 9.17) is 0 Å². The molecule has 0 radical (unpaired) electrons. The first-order valence-electron chi connectivity index (χ1n) is 5.56. The third kappa shape index (κ3) is 1.70. The second kappa shape index (κ2) is 4.09. The lowest BCUT2D eigenvalue weighted by Crippen LogP contribution is -2.33. The minimum Gasteiger partial charge on any atom is -0.506 e. The Balaban J connectivity index is 2.47. The summed E-state index contributed by atoms with van der Waals surface area (Å²) in [6.45, 7) is 0. The molecule has 2 heterocycles. The summed E-state index contributed by atoms with van der Waals surface area (Å²) >= 11 is 0. The van der Waals surface area contributed by atoms with Crippen LogP contribution in [0.2, 0.25) is 0 Å². The van der Waals surface area contributed by atoms with Gasteiger partial charge in [-0.2, -0.15) is 0 Å². The van der Waals surface area contributed by atoms with Gasteiger partial charge in [-0.3, -0.25) is 9.78 Å². The van der Waals surface area contributed by atoms with E-state index in [1.807, 2.05) is 0 Å². The van der Waals surface area contributed by atoms with Crippen molar-refractivity contribution in [2.75, 3.05) is 0 Å². The number of benzene rings is 1. The number of nitrogens with zero attached hydrogens (tertiary/aromatic N) is 2. The van der Waals surface area contributed by atoms with Crippen LogP contribution in [0.25, 0.3) is 16.6 Å². The highest BCUT2D eigenvalue weighted by Gasteiger charge is 2.11. The lowest BCUT2D eigenvalue weighted by molar-refractivity contribution is 0.480. The van der Waals surface area contributed by atoms with Gasteiger partial charge in [0.1, 0.15) is 5.75 Å². The molecule has 0 saturated heterocycles. The van der Waals surface area contributed by atoms with Gasteiger partial charge in [0.05, 0.1) is 22.8 Å². The van der Waals surface area contributed by atoms with Crippen molar-refractivity contribution in [2.24, 2.45) is 0 Å². The number of aromatic hydroxyl groups is 1. The molecule has 0 aliphatic carbocycles. The first-order chi connectivity index (χ1) is 9.18. The summed E-state index contributed by atoms with van der Waals surface area (Å²) in [5, 5.41) is 9.89. The van der Waals surface area contributed by atoms with E-state index in [0.29, 0.717) is 5.69 Å². The molecule has 6 heteroatoms. The van der Waals surface area contributed by atoms with Crippen molar-refractivity contribution in [1.82, 2.24) is 14.5 Å². The molecule has 1 aromatic carbocycles. The quantitative estimate of drug-likeness (QED) is 0.672. The number of pyridine rings is 1. The number of nitrogens with one attached hydrogen (secondary N) is 1. The van der Waals surface area contributed by atoms with Gasteiger partial charge in [0, 0.05) is 6.20 Å². The Morgan fingerprint density at radius 1 is 1.16 bits per heavy atom. The predicted molar refractivity (Wildman–Crippen MR) is 69.6 cm³/mol. The van der Waals surface area contributed by atoms with E-state index in [1.54, 1.807) is 30.5 Å². The average molecular weight is 255 g/mol. The molecule has 19 heavy (non-hydrogen) atoms. The van der Waals surface area contributed by atoms with E-state index in [1.165, 1.54) is 12.3 Å². The molecule has 2 aromatic heterocycles. The van der Waals surface area contributed by atoms with Gasteiger partial charge in [0.25, 0.3) is 5.56 Å². The topological polar surface area (TPSA) is 88.0 Å². The first kappa shape index (κ1) is 11.2. The van der Waals surface area contributed by atoms with Gasteiger partial charge in [-0.1, -0.05) is 6.07 Å². The molecule has 0 aliphatic rings. The van der Waals surface area contributed by atoms with Crippen molar-refractivity contribution >= 4 is 10.9 Å². The van der Waals surface area contributed by atoms with Gasteiger partial charge in [-0.15, -0.1) is 0 Å². The van der Waals surface area contributed by atoms with Gasteiger partial charge >= 0.3 is 5.69 Å². The molecule has 3 rings (SSSR count). The largest absolute Gasteiger partial charge is 0.506 e. The molecular formula is C13H9N3O3. The fourth-order valence-electron chi connectivity index (χ4n) is 1.95. The zero-order valence-electron chi connectivity index (χ0n) is 9.70. The molecule has 2 N–H and O–H groups in total. The van der Waals surface area contributed by atoms with Crippen LogP contribution in [0.4, 0.5) is 0 Å². The second-order valence-corrected chi connectivity index (χ2v) is 3.98. The summed E-state index contributed by atoms with van der Waals surface area (Å²) < 4.78 is 0.981. The number of hydrogen-bond donors (Lipinski definition) is 2. The highest BCUT2D eigenvalue weighted by molar-refractivity contribution is 5.83. The number of fused-ring (bicyclic) bond motifs is 1. The molecule has 94 valence electrons. The van der Waals surface area contributed by atoms with Crippen LogP contribution in [0, 0.1) is 0 Å². The molecule has 0 bridgehead atoms. The van der Waals surface area contributed by atoms with Crippen LogP contribution in [0.1, 0.15) is 0 Å². The van der Waals surface area contributed by atoms with E-state index in [2.05, 4.69) is 9.97 Å². The molecule has 0 aliphatic heterocycles. The molecule has 0 amide bonds. The van der Waals surface area contributed by atoms with Crippen molar-refractivity contribution in [3.63, 3.8) is 0 Å². The Hall–Kier alpha value is -2.89. The number of aromatic amines is 1. The molecule has 0 unspecified atom stereocenters. The van der Waals surface area contributed by atoms with Gasteiger partial charge in [0.15, 0.2) is 0 Å². The van der Waals surface area contributed by atoms with Crippen molar-refractivity contribution in [1.29, 1.82) is 0 Å². The highest BCUT2D eigenvalue weighted by atomic mass is 16.3. The van der Waals surface area contributed by atoms with Gasteiger partial charge in [-0.05, 0) is 24.3 Å². The van der Waals surface area contributed by atoms with Crippen LogP contribution in [0.5, 0.6) is 5.75 Å². The van der Waals surface area contributed by atoms with Crippen LogP contribution in [-0.4, -0.2) is 19.6 Å². The van der Waals surface area contributed by atoms with Gasteiger partial charge in [-0.25, -0.2) is 9.36 Å². The average Bonchev–Trinajstić information content (AvgIpc) is 2.41. The molecular weight excluding hydrogens is 246 g/mol. The van der Waals surface area contributed by atoms with E-state index in [-0.39, 0.29) is 16.7 Å². The van der Waals surface area contributed by atoms with Crippen LogP contribution < -0.4 is 11.2 Å². The summed E-state index contributed by atoms with van der Waals surface area (Å²) in [6, 6.07) is 7.74. The highest BCUT2D eigenvalue weighted by Crippen LogP contribution is 2.18. The monoisotopic (exact) mass is 255 g/mol. The third-order valence-electron chi connectivity index (χ3n) is 2.82. The van der Waals surface area contributed by atoms with E-state index >= 15 is 0 Å². The maximum absolute atomic E-state index is 12.3. The van der Waals surface area contributed by atoms with E-state index in [0.717, 1.165) is 4.57 Å². The normalized spacial score (nSPS) is 10.7. The number of phenols is 1. The van der Waals surface area contributed by atoms with Crippen molar-refractivity contribution in [2.45, 2.75) is 0 Å².